The van der Waals surface area contributed by atoms with Crippen LogP contribution < -0.4 is 5.32 Å². The van der Waals surface area contributed by atoms with Gasteiger partial charge >= 0.3 is 11.9 Å². The van der Waals surface area contributed by atoms with Gasteiger partial charge in [0.2, 0.25) is 5.28 Å². The zero-order chi connectivity index (χ0) is 26.9. The summed E-state index contributed by atoms with van der Waals surface area (Å²) in [6.07, 6.45) is 3.05. The zero-order valence-corrected chi connectivity index (χ0v) is 20.8. The minimum Gasteiger partial charge on any atom is -0.569 e. The summed E-state index contributed by atoms with van der Waals surface area (Å²) in [5, 5.41) is 31.5. The van der Waals surface area contributed by atoms with Gasteiger partial charge in [0.15, 0.2) is 0 Å². The number of ether oxygens (including phenoxy) is 2. The predicted octanol–water partition coefficient (Wildman–Crippen LogP) is 1.04. The lowest BCUT2D eigenvalue weighted by molar-refractivity contribution is -0.713. The molecule has 37 heavy (non-hydrogen) atoms. The van der Waals surface area contributed by atoms with Crippen molar-refractivity contribution in [2.24, 2.45) is 5.28 Å². The van der Waals surface area contributed by atoms with Crippen molar-refractivity contribution in [1.29, 1.82) is 0 Å². The van der Waals surface area contributed by atoms with Crippen LogP contribution in [0.3, 0.4) is 0 Å². The van der Waals surface area contributed by atoms with E-state index in [0.29, 0.717) is 54.7 Å². The van der Waals surface area contributed by atoms with E-state index in [1.807, 2.05) is 4.90 Å². The van der Waals surface area contributed by atoms with E-state index in [1.165, 1.54) is 18.1 Å². The van der Waals surface area contributed by atoms with Gasteiger partial charge < -0.3 is 24.8 Å². The zero-order valence-electron chi connectivity index (χ0n) is 20.8. The van der Waals surface area contributed by atoms with Crippen LogP contribution in [0.1, 0.15) is 32.3 Å². The Hall–Kier alpha value is -4.27. The fourth-order valence-corrected chi connectivity index (χ4v) is 4.08. The number of carbonyl (C=O) groups is 2. The average Bonchev–Trinajstić information content (AvgIpc) is 2.86. The molecule has 2 aliphatic rings. The molecule has 0 spiro atoms. The van der Waals surface area contributed by atoms with Crippen molar-refractivity contribution in [1.82, 2.24) is 20.2 Å². The van der Waals surface area contributed by atoms with Crippen LogP contribution in [0.2, 0.25) is 0 Å². The molecule has 1 aromatic heterocycles. The Bertz CT molecular complexity index is 1100. The minimum absolute atomic E-state index is 0.0584. The maximum atomic E-state index is 13.1. The van der Waals surface area contributed by atoms with E-state index < -0.39 is 29.6 Å². The number of nitrogens with zero attached hydrogens (tertiary/aromatic N) is 6. The molecular weight excluding hydrogens is 490 g/mol. The van der Waals surface area contributed by atoms with Gasteiger partial charge in [-0.3, -0.25) is 24.8 Å². The molecule has 2 aliphatic heterocycles. The number of carbonyl (C=O) groups excluding carboxylic acids is 2. The van der Waals surface area contributed by atoms with Crippen molar-refractivity contribution in [2.45, 2.75) is 26.7 Å². The highest BCUT2D eigenvalue weighted by Crippen LogP contribution is 2.38. The molecule has 200 valence electrons. The molecule has 0 aromatic carbocycles. The fourth-order valence-electron chi connectivity index (χ4n) is 4.08. The third-order valence-corrected chi connectivity index (χ3v) is 5.83. The molecule has 15 heteroatoms. The molecule has 0 aliphatic carbocycles. The second-order valence-corrected chi connectivity index (χ2v) is 8.30. The highest BCUT2D eigenvalue weighted by Gasteiger charge is 2.41. The van der Waals surface area contributed by atoms with Crippen molar-refractivity contribution in [2.75, 3.05) is 46.1 Å². The standard InChI is InChI=1S/C22H29N7O8/c1-15-19(20(18-5-4-6-23-13-18)21(28(32)33)16(2)24-15)22(31)35-12-11-26-7-9-27(10-8-26)29(34)25-37-14-36-17(3)30/h4-6,13,20,24H,7-12,14H2,1-3H3. The van der Waals surface area contributed by atoms with Crippen LogP contribution in [0.5, 0.6) is 0 Å². The Labute approximate surface area is 212 Å². The molecule has 0 amide bonds. The van der Waals surface area contributed by atoms with Gasteiger partial charge in [0.25, 0.3) is 12.5 Å². The van der Waals surface area contributed by atoms with Gasteiger partial charge in [-0.2, -0.15) is 0 Å². The van der Waals surface area contributed by atoms with E-state index in [-0.39, 0.29) is 17.9 Å². The quantitative estimate of drug-likeness (QED) is 0.0885. The Morgan fingerprint density at radius 1 is 1.19 bits per heavy atom. The molecular formula is C22H29N7O8. The number of nitro groups is 1. The van der Waals surface area contributed by atoms with E-state index >= 15 is 0 Å². The molecule has 3 rings (SSSR count). The van der Waals surface area contributed by atoms with Crippen LogP contribution in [0.25, 0.3) is 0 Å². The largest absolute Gasteiger partial charge is 0.569 e. The summed E-state index contributed by atoms with van der Waals surface area (Å²) >= 11 is 0. The molecule has 0 saturated carbocycles. The molecule has 1 unspecified atom stereocenters. The molecule has 1 fully saturated rings. The molecule has 1 aromatic rings. The number of piperazine rings is 1. The number of nitrogens with one attached hydrogen (secondary N) is 1. The van der Waals surface area contributed by atoms with Crippen LogP contribution in [0, 0.1) is 15.3 Å². The van der Waals surface area contributed by atoms with E-state index in [9.17, 15) is 24.9 Å². The van der Waals surface area contributed by atoms with Gasteiger partial charge in [-0.1, -0.05) is 6.07 Å². The summed E-state index contributed by atoms with van der Waals surface area (Å²) in [6, 6.07) is 3.34. The van der Waals surface area contributed by atoms with E-state index in [0.717, 1.165) is 0 Å². The Balaban J connectivity index is 1.55. The lowest BCUT2D eigenvalue weighted by Gasteiger charge is -2.31. The summed E-state index contributed by atoms with van der Waals surface area (Å²) in [5.74, 6) is -2.12. The molecule has 1 N–H and O–H groups in total. The maximum Gasteiger partial charge on any atom is 0.337 e. The van der Waals surface area contributed by atoms with Gasteiger partial charge in [0.05, 0.1) is 34.3 Å². The van der Waals surface area contributed by atoms with Gasteiger partial charge in [0, 0.05) is 44.6 Å². The third kappa shape index (κ3) is 7.13. The smallest absolute Gasteiger partial charge is 0.337 e. The van der Waals surface area contributed by atoms with Gasteiger partial charge in [-0.15, -0.1) is 5.01 Å². The van der Waals surface area contributed by atoms with Crippen LogP contribution >= 0.6 is 0 Å². The number of hydrazine groups is 1. The average molecular weight is 520 g/mol. The van der Waals surface area contributed by atoms with Crippen LogP contribution in [0.15, 0.2) is 52.5 Å². The predicted molar refractivity (Wildman–Crippen MR) is 125 cm³/mol. The van der Waals surface area contributed by atoms with Gasteiger partial charge in [-0.25, -0.2) is 4.79 Å². The van der Waals surface area contributed by atoms with Gasteiger partial charge in [0.1, 0.15) is 12.5 Å². The first-order valence-electron chi connectivity index (χ1n) is 11.5. The molecule has 1 saturated heterocycles. The lowest BCUT2D eigenvalue weighted by Crippen LogP contribution is -2.49. The summed E-state index contributed by atoms with van der Waals surface area (Å²) in [4.78, 5) is 46.1. The number of aromatic nitrogens is 1. The number of rotatable bonds is 10. The topological polar surface area (TPSA) is 175 Å². The SMILES string of the molecule is CC(=O)OCON=[N+]([O-])N1CCN(CCOC(=O)C2=C(C)NC(C)=C([N+](=O)[O-])C2c2cccnc2)CC1. The number of pyridine rings is 1. The Kier molecular flexibility index (Phi) is 9.32. The first-order chi connectivity index (χ1) is 17.7. The molecule has 3 heterocycles. The number of hydrogen-bond acceptors (Lipinski definition) is 12. The molecule has 1 atom stereocenters. The Morgan fingerprint density at radius 3 is 2.54 bits per heavy atom. The maximum absolute atomic E-state index is 13.1. The van der Waals surface area contributed by atoms with Crippen molar-refractivity contribution in [3.8, 4) is 0 Å². The van der Waals surface area contributed by atoms with Crippen molar-refractivity contribution >= 4 is 11.9 Å². The van der Waals surface area contributed by atoms with E-state index in [1.54, 1.807) is 32.2 Å². The lowest BCUT2D eigenvalue weighted by atomic mass is 9.85. The highest BCUT2D eigenvalue weighted by atomic mass is 16.8. The first kappa shape index (κ1) is 27.3. The fraction of sp³-hybridized carbons (Fsp3) is 0.500. The normalized spacial score (nSPS) is 18.8. The summed E-state index contributed by atoms with van der Waals surface area (Å²) in [6.45, 7) is 6.21. The van der Waals surface area contributed by atoms with Crippen LogP contribution in [-0.2, 0) is 23.9 Å². The number of hydrogen-bond donors (Lipinski definition) is 1. The summed E-state index contributed by atoms with van der Waals surface area (Å²) in [5.41, 5.74) is 1.37. The minimum atomic E-state index is -0.921. The number of esters is 2. The van der Waals surface area contributed by atoms with Crippen LogP contribution in [-0.4, -0.2) is 82.8 Å². The van der Waals surface area contributed by atoms with Crippen molar-refractivity contribution < 1.29 is 33.8 Å². The second kappa shape index (κ2) is 12.6. The van der Waals surface area contributed by atoms with Crippen LogP contribution in [0.4, 0.5) is 0 Å². The Morgan fingerprint density at radius 2 is 1.92 bits per heavy atom. The van der Waals surface area contributed by atoms with E-state index in [4.69, 9.17) is 4.74 Å². The first-order valence-corrected chi connectivity index (χ1v) is 11.5. The summed E-state index contributed by atoms with van der Waals surface area (Å²) < 4.78 is 10.0. The molecule has 0 bridgehead atoms. The van der Waals surface area contributed by atoms with Crippen molar-refractivity contribution in [3.05, 3.63) is 68.1 Å². The molecule has 15 nitrogen and oxygen atoms in total. The third-order valence-electron chi connectivity index (χ3n) is 5.83. The van der Waals surface area contributed by atoms with Gasteiger partial charge in [-0.05, 0) is 25.5 Å². The highest BCUT2D eigenvalue weighted by molar-refractivity contribution is 5.92. The number of allylic oxidation sites excluding steroid dienone is 3. The van der Waals surface area contributed by atoms with Crippen molar-refractivity contribution in [3.63, 3.8) is 0 Å². The number of dihydropyridines is 1. The second-order valence-electron chi connectivity index (χ2n) is 8.30. The van der Waals surface area contributed by atoms with E-state index in [2.05, 4.69) is 25.2 Å². The molecule has 0 radical (unpaired) electrons. The summed E-state index contributed by atoms with van der Waals surface area (Å²) in [7, 11) is 0. The monoisotopic (exact) mass is 519 g/mol.